The number of nitrogens with zero attached hydrogens (tertiary/aromatic N) is 2. The van der Waals surface area contributed by atoms with E-state index in [0.717, 1.165) is 18.0 Å². The maximum absolute atomic E-state index is 3.85. The summed E-state index contributed by atoms with van der Waals surface area (Å²) in [7, 11) is 4.47. The third kappa shape index (κ3) is 4.71. The van der Waals surface area contributed by atoms with Crippen LogP contribution in [0.2, 0.25) is 0 Å². The molecule has 3 heteroatoms. The number of nitrogens with one attached hydrogen (secondary N) is 1. The van der Waals surface area contributed by atoms with Crippen LogP contribution in [0.5, 0.6) is 0 Å². The van der Waals surface area contributed by atoms with Gasteiger partial charge >= 0.3 is 0 Å². The third-order valence-corrected chi connectivity index (χ3v) is 5.29. The molecule has 2 atom stereocenters. The Balaban J connectivity index is 1.85. The second-order valence-corrected chi connectivity index (χ2v) is 7.12. The summed E-state index contributed by atoms with van der Waals surface area (Å²) in [5.41, 5.74) is 0. The van der Waals surface area contributed by atoms with Crippen molar-refractivity contribution in [1.29, 1.82) is 0 Å². The summed E-state index contributed by atoms with van der Waals surface area (Å²) >= 11 is 0. The molecule has 1 aliphatic carbocycles. The van der Waals surface area contributed by atoms with Gasteiger partial charge in [0.05, 0.1) is 0 Å². The topological polar surface area (TPSA) is 18.5 Å². The van der Waals surface area contributed by atoms with Gasteiger partial charge in [-0.3, -0.25) is 0 Å². The first-order valence-corrected chi connectivity index (χ1v) is 8.83. The van der Waals surface area contributed by atoms with Crippen LogP contribution in [0, 0.1) is 5.92 Å². The summed E-state index contributed by atoms with van der Waals surface area (Å²) in [6.45, 7) is 7.31. The molecule has 1 saturated carbocycles. The molecule has 2 aliphatic rings. The van der Waals surface area contributed by atoms with Crippen molar-refractivity contribution >= 4 is 0 Å². The quantitative estimate of drug-likeness (QED) is 0.774. The molecule has 1 heterocycles. The van der Waals surface area contributed by atoms with Crippen LogP contribution in [0.25, 0.3) is 0 Å². The second kappa shape index (κ2) is 8.35. The summed E-state index contributed by atoms with van der Waals surface area (Å²) in [5.74, 6) is 0.932. The molecule has 1 aliphatic heterocycles. The number of likely N-dealkylation sites (N-methyl/N-ethyl adjacent to an activating group) is 1. The molecule has 0 aromatic rings. The van der Waals surface area contributed by atoms with Crippen molar-refractivity contribution < 1.29 is 0 Å². The molecule has 0 aromatic heterocycles. The Kier molecular flexibility index (Phi) is 6.79. The highest BCUT2D eigenvalue weighted by Gasteiger charge is 2.28. The zero-order valence-corrected chi connectivity index (χ0v) is 13.9. The minimum Gasteiger partial charge on any atom is -0.312 e. The van der Waals surface area contributed by atoms with Gasteiger partial charge in [0.25, 0.3) is 0 Å². The predicted octanol–water partition coefficient (Wildman–Crippen LogP) is 2.57. The van der Waals surface area contributed by atoms with E-state index in [1.54, 1.807) is 0 Å². The highest BCUT2D eigenvalue weighted by atomic mass is 15.2. The molecule has 2 fully saturated rings. The second-order valence-electron chi connectivity index (χ2n) is 7.12. The van der Waals surface area contributed by atoms with E-state index < -0.39 is 0 Å². The first kappa shape index (κ1) is 16.3. The Morgan fingerprint density at radius 1 is 1.15 bits per heavy atom. The lowest BCUT2D eigenvalue weighted by molar-refractivity contribution is 0.114. The lowest BCUT2D eigenvalue weighted by atomic mass is 9.96. The van der Waals surface area contributed by atoms with Crippen molar-refractivity contribution in [2.45, 2.75) is 64.0 Å². The first-order chi connectivity index (χ1) is 9.70. The van der Waals surface area contributed by atoms with Gasteiger partial charge in [-0.2, -0.15) is 0 Å². The molecular formula is C17H35N3. The Bertz CT molecular complexity index is 261. The molecule has 1 N–H and O–H groups in total. The van der Waals surface area contributed by atoms with Crippen LogP contribution in [-0.4, -0.2) is 62.2 Å². The van der Waals surface area contributed by atoms with Crippen LogP contribution in [-0.2, 0) is 0 Å². The van der Waals surface area contributed by atoms with E-state index in [4.69, 9.17) is 0 Å². The first-order valence-electron chi connectivity index (χ1n) is 8.83. The number of hydrogen-bond acceptors (Lipinski definition) is 3. The fourth-order valence-electron chi connectivity index (χ4n) is 3.97. The van der Waals surface area contributed by atoms with Crippen LogP contribution in [0.15, 0.2) is 0 Å². The van der Waals surface area contributed by atoms with Crippen LogP contribution in [0.1, 0.15) is 51.9 Å². The Morgan fingerprint density at radius 2 is 1.90 bits per heavy atom. The molecular weight excluding hydrogens is 246 g/mol. The minimum atomic E-state index is 0.735. The van der Waals surface area contributed by atoms with Gasteiger partial charge in [-0.15, -0.1) is 0 Å². The van der Waals surface area contributed by atoms with E-state index in [1.807, 2.05) is 0 Å². The summed E-state index contributed by atoms with van der Waals surface area (Å²) in [6.07, 6.45) is 9.81. The molecule has 0 spiro atoms. The fourth-order valence-corrected chi connectivity index (χ4v) is 3.97. The molecule has 2 rings (SSSR count). The highest BCUT2D eigenvalue weighted by molar-refractivity contribution is 4.86. The van der Waals surface area contributed by atoms with E-state index in [2.05, 4.69) is 36.1 Å². The molecule has 118 valence electrons. The smallest absolute Gasteiger partial charge is 0.0223 e. The lowest BCUT2D eigenvalue weighted by Gasteiger charge is -2.39. The molecule has 3 nitrogen and oxygen atoms in total. The molecule has 1 saturated heterocycles. The summed E-state index contributed by atoms with van der Waals surface area (Å²) in [6, 6.07) is 1.50. The number of hydrogen-bond donors (Lipinski definition) is 1. The van der Waals surface area contributed by atoms with Crippen molar-refractivity contribution in [3.05, 3.63) is 0 Å². The van der Waals surface area contributed by atoms with Crippen molar-refractivity contribution in [1.82, 2.24) is 15.1 Å². The van der Waals surface area contributed by atoms with Gasteiger partial charge in [0.1, 0.15) is 0 Å². The maximum atomic E-state index is 3.85. The number of likely N-dealkylation sites (tertiary alicyclic amines) is 1. The Hall–Kier alpha value is -0.120. The maximum Gasteiger partial charge on any atom is 0.0223 e. The van der Waals surface area contributed by atoms with Gasteiger partial charge in [-0.05, 0) is 65.2 Å². The molecule has 0 aromatic carbocycles. The van der Waals surface area contributed by atoms with Gasteiger partial charge in [0.15, 0.2) is 0 Å². The van der Waals surface area contributed by atoms with Gasteiger partial charge in [-0.25, -0.2) is 0 Å². The summed E-state index contributed by atoms with van der Waals surface area (Å²) in [5, 5.41) is 3.85. The number of rotatable bonds is 7. The Morgan fingerprint density at radius 3 is 2.55 bits per heavy atom. The highest BCUT2D eigenvalue weighted by Crippen LogP contribution is 2.28. The lowest BCUT2D eigenvalue weighted by Crippen LogP contribution is -2.51. The Labute approximate surface area is 126 Å². The van der Waals surface area contributed by atoms with Gasteiger partial charge < -0.3 is 15.1 Å². The SMILES string of the molecule is CCCNC(CN1CCCC(N(C)C)C1)C1CCCC1. The monoisotopic (exact) mass is 281 g/mol. The van der Waals surface area contributed by atoms with E-state index in [0.29, 0.717) is 0 Å². The van der Waals surface area contributed by atoms with Crippen LogP contribution >= 0.6 is 0 Å². The fraction of sp³-hybridized carbons (Fsp3) is 1.00. The average Bonchev–Trinajstić information content (AvgIpc) is 2.97. The molecule has 20 heavy (non-hydrogen) atoms. The predicted molar refractivity (Wildman–Crippen MR) is 87.2 cm³/mol. The van der Waals surface area contributed by atoms with Crippen LogP contribution in [0.3, 0.4) is 0 Å². The van der Waals surface area contributed by atoms with E-state index >= 15 is 0 Å². The van der Waals surface area contributed by atoms with E-state index in [1.165, 1.54) is 71.1 Å². The van der Waals surface area contributed by atoms with Gasteiger partial charge in [0.2, 0.25) is 0 Å². The minimum absolute atomic E-state index is 0.735. The van der Waals surface area contributed by atoms with Crippen LogP contribution < -0.4 is 5.32 Å². The van der Waals surface area contributed by atoms with Gasteiger partial charge in [0, 0.05) is 25.2 Å². The van der Waals surface area contributed by atoms with Crippen molar-refractivity contribution in [3.63, 3.8) is 0 Å². The zero-order valence-electron chi connectivity index (χ0n) is 13.9. The summed E-state index contributed by atoms with van der Waals surface area (Å²) in [4.78, 5) is 5.13. The van der Waals surface area contributed by atoms with Crippen molar-refractivity contribution in [2.75, 3.05) is 40.3 Å². The molecule has 0 bridgehead atoms. The number of piperidine rings is 1. The van der Waals surface area contributed by atoms with E-state index in [9.17, 15) is 0 Å². The van der Waals surface area contributed by atoms with Crippen LogP contribution in [0.4, 0.5) is 0 Å². The third-order valence-electron chi connectivity index (χ3n) is 5.29. The molecule has 0 amide bonds. The summed E-state index contributed by atoms with van der Waals surface area (Å²) < 4.78 is 0. The van der Waals surface area contributed by atoms with Crippen molar-refractivity contribution in [2.24, 2.45) is 5.92 Å². The molecule has 2 unspecified atom stereocenters. The largest absolute Gasteiger partial charge is 0.312 e. The molecule has 0 radical (unpaired) electrons. The van der Waals surface area contributed by atoms with E-state index in [-0.39, 0.29) is 0 Å². The standard InChI is InChI=1S/C17H35N3/c1-4-11-18-17(15-8-5-6-9-15)14-20-12-7-10-16(13-20)19(2)3/h15-18H,4-14H2,1-3H3. The van der Waals surface area contributed by atoms with Crippen molar-refractivity contribution in [3.8, 4) is 0 Å². The zero-order chi connectivity index (χ0) is 14.4. The van der Waals surface area contributed by atoms with Gasteiger partial charge in [-0.1, -0.05) is 19.8 Å². The normalized spacial score (nSPS) is 27.3. The average molecular weight is 281 g/mol.